The van der Waals surface area contributed by atoms with Crippen molar-refractivity contribution in [3.63, 3.8) is 0 Å². The molecule has 1 fully saturated rings. The van der Waals surface area contributed by atoms with Gasteiger partial charge in [0.15, 0.2) is 0 Å². The van der Waals surface area contributed by atoms with Gasteiger partial charge in [0.1, 0.15) is 4.32 Å². The van der Waals surface area contributed by atoms with Crippen LogP contribution < -0.4 is 0 Å². The molecule has 22 heavy (non-hydrogen) atoms. The van der Waals surface area contributed by atoms with Gasteiger partial charge < -0.3 is 5.11 Å². The van der Waals surface area contributed by atoms with E-state index >= 15 is 0 Å². The molecule has 2 rings (SSSR count). The fourth-order valence-electron chi connectivity index (χ4n) is 2.07. The molecule has 1 aromatic rings. The zero-order chi connectivity index (χ0) is 16.1. The summed E-state index contributed by atoms with van der Waals surface area (Å²) in [6.07, 6.45) is 4.27. The van der Waals surface area contributed by atoms with Crippen LogP contribution in [0, 0.1) is 6.92 Å². The summed E-state index contributed by atoms with van der Waals surface area (Å²) in [5.74, 6) is -0.819. The van der Waals surface area contributed by atoms with Gasteiger partial charge in [-0.3, -0.25) is 14.5 Å². The average Bonchev–Trinajstić information content (AvgIpc) is 2.96. The first-order valence-electron chi connectivity index (χ1n) is 7.00. The number of carboxylic acid groups (broad SMARTS) is 1. The van der Waals surface area contributed by atoms with Gasteiger partial charge in [0.2, 0.25) is 0 Å². The van der Waals surface area contributed by atoms with Crippen molar-refractivity contribution in [2.75, 3.05) is 6.54 Å². The average molecular weight is 356 g/mol. The molecule has 0 atom stereocenters. The van der Waals surface area contributed by atoms with E-state index < -0.39 is 5.97 Å². The first kappa shape index (κ1) is 17.2. The minimum Gasteiger partial charge on any atom is -0.481 e. The van der Waals surface area contributed by atoms with Crippen molar-refractivity contribution in [2.24, 2.45) is 0 Å². The maximum Gasteiger partial charge on any atom is 0.303 e. The molecule has 7 heteroatoms. The lowest BCUT2D eigenvalue weighted by Gasteiger charge is -2.13. The normalized spacial score (nSPS) is 16.8. The Balaban J connectivity index is 1.90. The highest BCUT2D eigenvalue weighted by molar-refractivity contribution is 8.26. The molecule has 118 valence electrons. The number of unbranched alkanes of at least 4 members (excludes halogenated alkanes) is 2. The maximum atomic E-state index is 12.4. The monoisotopic (exact) mass is 355 g/mol. The predicted octanol–water partition coefficient (Wildman–Crippen LogP) is 3.90. The van der Waals surface area contributed by atoms with E-state index in [2.05, 4.69) is 0 Å². The highest BCUT2D eigenvalue weighted by atomic mass is 32.2. The SMILES string of the molecule is Cc1ccsc1/C=C1/SC(=S)N(CCCCCC(=O)O)C1=O. The van der Waals surface area contributed by atoms with Crippen molar-refractivity contribution in [3.05, 3.63) is 26.8 Å². The molecule has 0 radical (unpaired) electrons. The Morgan fingerprint density at radius 3 is 2.82 bits per heavy atom. The van der Waals surface area contributed by atoms with Crippen LogP contribution in [0.2, 0.25) is 0 Å². The predicted molar refractivity (Wildman–Crippen MR) is 95.0 cm³/mol. The molecule has 1 aliphatic rings. The zero-order valence-electron chi connectivity index (χ0n) is 12.2. The minimum absolute atomic E-state index is 0.0407. The summed E-state index contributed by atoms with van der Waals surface area (Å²) in [6, 6.07) is 2.03. The van der Waals surface area contributed by atoms with Crippen molar-refractivity contribution in [2.45, 2.75) is 32.6 Å². The molecule has 1 saturated heterocycles. The molecule has 0 aromatic carbocycles. The number of hydrogen-bond acceptors (Lipinski definition) is 5. The van der Waals surface area contributed by atoms with Crippen LogP contribution in [0.15, 0.2) is 16.4 Å². The number of hydrogen-bond donors (Lipinski definition) is 1. The molecule has 1 amide bonds. The summed E-state index contributed by atoms with van der Waals surface area (Å²) in [6.45, 7) is 2.58. The Morgan fingerprint density at radius 1 is 1.41 bits per heavy atom. The van der Waals surface area contributed by atoms with Crippen LogP contribution in [0.3, 0.4) is 0 Å². The Labute approximate surface area is 143 Å². The quantitative estimate of drug-likeness (QED) is 0.457. The van der Waals surface area contributed by atoms with Crippen LogP contribution in [-0.4, -0.2) is 32.7 Å². The highest BCUT2D eigenvalue weighted by Crippen LogP contribution is 2.34. The van der Waals surface area contributed by atoms with Crippen LogP contribution in [0.1, 0.15) is 36.1 Å². The van der Waals surface area contributed by atoms with E-state index in [4.69, 9.17) is 17.3 Å². The lowest BCUT2D eigenvalue weighted by molar-refractivity contribution is -0.137. The van der Waals surface area contributed by atoms with Gasteiger partial charge in [0, 0.05) is 17.8 Å². The molecular formula is C15H17NO3S3. The van der Waals surface area contributed by atoms with E-state index in [0.29, 0.717) is 22.2 Å². The van der Waals surface area contributed by atoms with E-state index in [0.717, 1.165) is 23.3 Å². The summed E-state index contributed by atoms with van der Waals surface area (Å²) in [4.78, 5) is 26.2. The summed E-state index contributed by atoms with van der Waals surface area (Å²) >= 11 is 8.23. The molecule has 0 bridgehead atoms. The maximum absolute atomic E-state index is 12.4. The Morgan fingerprint density at radius 2 is 2.18 bits per heavy atom. The first-order chi connectivity index (χ1) is 10.5. The lowest BCUT2D eigenvalue weighted by atomic mass is 10.2. The number of rotatable bonds is 7. The molecule has 0 spiro atoms. The van der Waals surface area contributed by atoms with Crippen molar-refractivity contribution in [1.82, 2.24) is 4.90 Å². The van der Waals surface area contributed by atoms with Gasteiger partial charge in [-0.2, -0.15) is 0 Å². The molecule has 2 heterocycles. The number of aryl methyl sites for hydroxylation is 1. The van der Waals surface area contributed by atoms with Crippen LogP contribution in [0.25, 0.3) is 6.08 Å². The van der Waals surface area contributed by atoms with Crippen LogP contribution >= 0.6 is 35.3 Å². The zero-order valence-corrected chi connectivity index (χ0v) is 14.7. The molecule has 1 aromatic heterocycles. The number of thioether (sulfide) groups is 1. The van der Waals surface area contributed by atoms with Gasteiger partial charge in [0.05, 0.1) is 4.91 Å². The number of amides is 1. The third kappa shape index (κ3) is 4.41. The second kappa shape index (κ2) is 7.89. The number of aliphatic carboxylic acids is 1. The second-order valence-electron chi connectivity index (χ2n) is 5.01. The Kier molecular flexibility index (Phi) is 6.16. The fraction of sp³-hybridized carbons (Fsp3) is 0.400. The van der Waals surface area contributed by atoms with Crippen molar-refractivity contribution < 1.29 is 14.7 Å². The third-order valence-electron chi connectivity index (χ3n) is 3.31. The summed E-state index contributed by atoms with van der Waals surface area (Å²) < 4.78 is 0.587. The molecule has 0 aliphatic carbocycles. The standard InChI is InChI=1S/C15H17NO3S3/c1-10-6-8-21-11(10)9-12-14(19)16(15(20)22-12)7-4-2-3-5-13(17)18/h6,8-9H,2-5,7H2,1H3,(H,17,18)/b12-9+. The summed E-state index contributed by atoms with van der Waals surface area (Å²) in [5.41, 5.74) is 1.16. The molecule has 4 nitrogen and oxygen atoms in total. The second-order valence-corrected chi connectivity index (χ2v) is 7.63. The number of thiophene rings is 1. The molecule has 1 aliphatic heterocycles. The van der Waals surface area contributed by atoms with Gasteiger partial charge in [0.25, 0.3) is 5.91 Å². The number of carboxylic acids is 1. The lowest BCUT2D eigenvalue weighted by Crippen LogP contribution is -2.29. The van der Waals surface area contributed by atoms with E-state index in [-0.39, 0.29) is 12.3 Å². The van der Waals surface area contributed by atoms with E-state index in [1.165, 1.54) is 11.8 Å². The minimum atomic E-state index is -0.778. The Hall–Kier alpha value is -1.18. The molecule has 1 N–H and O–H groups in total. The molecule has 0 unspecified atom stereocenters. The van der Waals surface area contributed by atoms with Crippen molar-refractivity contribution in [3.8, 4) is 0 Å². The van der Waals surface area contributed by atoms with Gasteiger partial charge in [-0.1, -0.05) is 30.4 Å². The van der Waals surface area contributed by atoms with E-state index in [1.54, 1.807) is 16.2 Å². The van der Waals surface area contributed by atoms with Gasteiger partial charge in [-0.15, -0.1) is 11.3 Å². The molecule has 0 saturated carbocycles. The summed E-state index contributed by atoms with van der Waals surface area (Å²) in [7, 11) is 0. The first-order valence-corrected chi connectivity index (χ1v) is 9.10. The van der Waals surface area contributed by atoms with Crippen LogP contribution in [-0.2, 0) is 9.59 Å². The highest BCUT2D eigenvalue weighted by Gasteiger charge is 2.31. The largest absolute Gasteiger partial charge is 0.481 e. The third-order valence-corrected chi connectivity index (χ3v) is 5.65. The van der Waals surface area contributed by atoms with Gasteiger partial charge in [-0.05, 0) is 42.9 Å². The van der Waals surface area contributed by atoms with Crippen molar-refractivity contribution >= 4 is 57.6 Å². The number of thiocarbonyl (C=S) groups is 1. The van der Waals surface area contributed by atoms with E-state index in [9.17, 15) is 9.59 Å². The van der Waals surface area contributed by atoms with Crippen molar-refractivity contribution in [1.29, 1.82) is 0 Å². The fourth-order valence-corrected chi connectivity index (χ4v) is 4.29. The summed E-state index contributed by atoms with van der Waals surface area (Å²) in [5, 5.41) is 10.6. The Bertz CT molecular complexity index is 621. The topological polar surface area (TPSA) is 57.6 Å². The van der Waals surface area contributed by atoms with E-state index in [1.807, 2.05) is 24.4 Å². The van der Waals surface area contributed by atoms with Gasteiger partial charge >= 0.3 is 5.97 Å². The number of carbonyl (C=O) groups is 2. The number of carbonyl (C=O) groups excluding carboxylic acids is 1. The van der Waals surface area contributed by atoms with Crippen LogP contribution in [0.5, 0.6) is 0 Å². The van der Waals surface area contributed by atoms with Gasteiger partial charge in [-0.25, -0.2) is 0 Å². The van der Waals surface area contributed by atoms with Crippen LogP contribution in [0.4, 0.5) is 0 Å². The number of nitrogens with zero attached hydrogens (tertiary/aromatic N) is 1. The molecular weight excluding hydrogens is 338 g/mol. The smallest absolute Gasteiger partial charge is 0.303 e.